The van der Waals surface area contributed by atoms with E-state index in [1.54, 1.807) is 6.92 Å². The van der Waals surface area contributed by atoms with Gasteiger partial charge in [-0.15, -0.1) is 0 Å². The highest BCUT2D eigenvalue weighted by atomic mass is 35.5. The van der Waals surface area contributed by atoms with E-state index in [0.29, 0.717) is 0 Å². The van der Waals surface area contributed by atoms with Gasteiger partial charge in [0, 0.05) is 5.56 Å². The van der Waals surface area contributed by atoms with Crippen LogP contribution in [0.15, 0.2) is 18.2 Å². The predicted molar refractivity (Wildman–Crippen MR) is 67.1 cm³/mol. The van der Waals surface area contributed by atoms with Crippen LogP contribution in [0.25, 0.3) is 0 Å². The number of benzene rings is 1. The van der Waals surface area contributed by atoms with Crippen LogP contribution in [0.2, 0.25) is 5.02 Å². The van der Waals surface area contributed by atoms with Gasteiger partial charge in [0.2, 0.25) is 0 Å². The molecular formula is C11H15ClFNO2S. The van der Waals surface area contributed by atoms with Crippen LogP contribution >= 0.6 is 11.6 Å². The monoisotopic (exact) mass is 279 g/mol. The Hall–Kier alpha value is -0.650. The zero-order valence-electron chi connectivity index (χ0n) is 9.49. The Morgan fingerprint density at radius 3 is 2.71 bits per heavy atom. The van der Waals surface area contributed by atoms with E-state index in [4.69, 9.17) is 17.3 Å². The van der Waals surface area contributed by atoms with Crippen molar-refractivity contribution >= 4 is 21.4 Å². The second-order valence-electron chi connectivity index (χ2n) is 4.11. The van der Waals surface area contributed by atoms with Crippen molar-refractivity contribution in [2.45, 2.75) is 12.7 Å². The molecule has 0 saturated heterocycles. The van der Waals surface area contributed by atoms with Crippen LogP contribution in [0.4, 0.5) is 4.39 Å². The third kappa shape index (κ3) is 4.26. The van der Waals surface area contributed by atoms with Crippen molar-refractivity contribution in [2.24, 2.45) is 11.7 Å². The van der Waals surface area contributed by atoms with Crippen molar-refractivity contribution in [3.05, 3.63) is 34.6 Å². The molecule has 0 spiro atoms. The summed E-state index contributed by atoms with van der Waals surface area (Å²) in [5.74, 6) is -1.19. The summed E-state index contributed by atoms with van der Waals surface area (Å²) in [5, 5.41) is -0.0652. The molecule has 0 radical (unpaired) electrons. The minimum atomic E-state index is -3.36. The molecule has 17 heavy (non-hydrogen) atoms. The third-order valence-electron chi connectivity index (χ3n) is 2.35. The van der Waals surface area contributed by atoms with Gasteiger partial charge in [0.1, 0.15) is 5.82 Å². The Labute approximate surface area is 106 Å². The van der Waals surface area contributed by atoms with Crippen LogP contribution in [0.1, 0.15) is 12.5 Å². The van der Waals surface area contributed by atoms with Crippen LogP contribution in [-0.4, -0.2) is 20.7 Å². The number of halogens is 2. The van der Waals surface area contributed by atoms with Crippen molar-refractivity contribution in [3.63, 3.8) is 0 Å². The summed E-state index contributed by atoms with van der Waals surface area (Å²) in [4.78, 5) is 0. The van der Waals surface area contributed by atoms with E-state index in [2.05, 4.69) is 0 Å². The molecule has 0 aromatic heterocycles. The number of rotatable bonds is 5. The normalized spacial score (nSPS) is 13.6. The van der Waals surface area contributed by atoms with Gasteiger partial charge in [0.05, 0.1) is 16.5 Å². The lowest BCUT2D eigenvalue weighted by Crippen LogP contribution is -2.22. The lowest BCUT2D eigenvalue weighted by atomic mass is 10.2. The average molecular weight is 280 g/mol. The summed E-state index contributed by atoms with van der Waals surface area (Å²) >= 11 is 5.59. The van der Waals surface area contributed by atoms with E-state index >= 15 is 0 Å². The van der Waals surface area contributed by atoms with Crippen LogP contribution < -0.4 is 5.73 Å². The Bertz CT molecular complexity index is 490. The molecule has 2 N–H and O–H groups in total. The molecule has 3 nitrogen and oxygen atoms in total. The second-order valence-corrected chi connectivity index (χ2v) is 6.62. The molecular weight excluding hydrogens is 265 g/mol. The third-order valence-corrected chi connectivity index (χ3v) is 4.47. The highest BCUT2D eigenvalue weighted by molar-refractivity contribution is 7.90. The Morgan fingerprint density at radius 2 is 2.12 bits per heavy atom. The second kappa shape index (κ2) is 5.80. The zero-order chi connectivity index (χ0) is 13.1. The van der Waals surface area contributed by atoms with Crippen molar-refractivity contribution in [1.29, 1.82) is 0 Å². The van der Waals surface area contributed by atoms with E-state index in [1.807, 2.05) is 0 Å². The predicted octanol–water partition coefficient (Wildman–Crippen LogP) is 1.99. The number of hydrogen-bond acceptors (Lipinski definition) is 3. The van der Waals surface area contributed by atoms with E-state index in [-0.39, 0.29) is 34.6 Å². The molecule has 96 valence electrons. The van der Waals surface area contributed by atoms with E-state index < -0.39 is 15.7 Å². The summed E-state index contributed by atoms with van der Waals surface area (Å²) < 4.78 is 37.1. The molecule has 0 aliphatic rings. The van der Waals surface area contributed by atoms with E-state index in [0.717, 1.165) is 0 Å². The van der Waals surface area contributed by atoms with Crippen molar-refractivity contribution in [1.82, 2.24) is 0 Å². The number of sulfone groups is 1. The first kappa shape index (κ1) is 14.4. The zero-order valence-corrected chi connectivity index (χ0v) is 11.1. The Kier molecular flexibility index (Phi) is 4.91. The number of hydrogen-bond donors (Lipinski definition) is 1. The van der Waals surface area contributed by atoms with E-state index in [9.17, 15) is 12.8 Å². The van der Waals surface area contributed by atoms with Crippen molar-refractivity contribution in [2.75, 3.05) is 12.3 Å². The van der Waals surface area contributed by atoms with Gasteiger partial charge in [0.15, 0.2) is 9.84 Å². The molecule has 6 heteroatoms. The summed E-state index contributed by atoms with van der Waals surface area (Å²) in [6, 6.07) is 4.34. The Morgan fingerprint density at radius 1 is 1.47 bits per heavy atom. The van der Waals surface area contributed by atoms with Crippen LogP contribution in [0.5, 0.6) is 0 Å². The van der Waals surface area contributed by atoms with Crippen molar-refractivity contribution in [3.8, 4) is 0 Å². The van der Waals surface area contributed by atoms with Crippen LogP contribution in [0.3, 0.4) is 0 Å². The summed E-state index contributed by atoms with van der Waals surface area (Å²) in [5.41, 5.74) is 5.47. The fourth-order valence-electron chi connectivity index (χ4n) is 1.46. The largest absolute Gasteiger partial charge is 0.330 e. The molecule has 1 unspecified atom stereocenters. The maximum atomic E-state index is 13.5. The first-order valence-corrected chi connectivity index (χ1v) is 7.39. The molecule has 0 heterocycles. The van der Waals surface area contributed by atoms with Crippen LogP contribution in [0, 0.1) is 11.7 Å². The molecule has 0 saturated carbocycles. The highest BCUT2D eigenvalue weighted by Crippen LogP contribution is 2.20. The molecule has 1 aromatic rings. The minimum Gasteiger partial charge on any atom is -0.330 e. The summed E-state index contributed by atoms with van der Waals surface area (Å²) in [6.45, 7) is 2.03. The van der Waals surface area contributed by atoms with E-state index in [1.165, 1.54) is 18.2 Å². The molecule has 0 fully saturated rings. The molecule has 0 aliphatic carbocycles. The minimum absolute atomic E-state index is 0.0462. The lowest BCUT2D eigenvalue weighted by molar-refractivity contribution is 0.568. The van der Waals surface area contributed by atoms with Gasteiger partial charge in [0.25, 0.3) is 0 Å². The topological polar surface area (TPSA) is 60.2 Å². The molecule has 0 bridgehead atoms. The van der Waals surface area contributed by atoms with Gasteiger partial charge in [-0.3, -0.25) is 0 Å². The lowest BCUT2D eigenvalue weighted by Gasteiger charge is -2.10. The molecule has 0 amide bonds. The first-order chi connectivity index (χ1) is 7.85. The summed E-state index contributed by atoms with van der Waals surface area (Å²) in [7, 11) is -3.36. The van der Waals surface area contributed by atoms with Crippen molar-refractivity contribution < 1.29 is 12.8 Å². The fraction of sp³-hybridized carbons (Fsp3) is 0.455. The van der Waals surface area contributed by atoms with Gasteiger partial charge in [-0.25, -0.2) is 12.8 Å². The smallest absolute Gasteiger partial charge is 0.154 e. The first-order valence-electron chi connectivity index (χ1n) is 5.19. The Balaban J connectivity index is 2.87. The SMILES string of the molecule is CC(CN)CS(=O)(=O)Cc1cccc(Cl)c1F. The van der Waals surface area contributed by atoms with Gasteiger partial charge in [-0.1, -0.05) is 30.7 Å². The summed E-state index contributed by atoms with van der Waals surface area (Å²) in [6.07, 6.45) is 0. The van der Waals surface area contributed by atoms with Gasteiger partial charge < -0.3 is 5.73 Å². The van der Waals surface area contributed by atoms with Gasteiger partial charge in [-0.05, 0) is 18.5 Å². The average Bonchev–Trinajstić information content (AvgIpc) is 2.23. The van der Waals surface area contributed by atoms with Gasteiger partial charge >= 0.3 is 0 Å². The standard InChI is InChI=1S/C11H15ClFNO2S/c1-8(5-14)6-17(15,16)7-9-3-2-4-10(12)11(9)13/h2-4,8H,5-7,14H2,1H3. The van der Waals surface area contributed by atoms with Gasteiger partial charge in [-0.2, -0.15) is 0 Å². The number of nitrogens with two attached hydrogens (primary N) is 1. The maximum absolute atomic E-state index is 13.5. The molecule has 1 aromatic carbocycles. The molecule has 1 atom stereocenters. The maximum Gasteiger partial charge on any atom is 0.154 e. The fourth-order valence-corrected chi connectivity index (χ4v) is 3.47. The van der Waals surface area contributed by atoms with Crippen LogP contribution in [-0.2, 0) is 15.6 Å². The molecule has 0 aliphatic heterocycles. The molecule has 1 rings (SSSR count). The highest BCUT2D eigenvalue weighted by Gasteiger charge is 2.18. The quantitative estimate of drug-likeness (QED) is 0.897.